The van der Waals surface area contributed by atoms with Gasteiger partial charge in [-0.2, -0.15) is 0 Å². The average molecular weight is 288 g/mol. The molecule has 0 aliphatic carbocycles. The first-order valence-electron chi connectivity index (χ1n) is 4.40. The van der Waals surface area contributed by atoms with Crippen LogP contribution in [0.15, 0.2) is 20.7 Å². The van der Waals surface area contributed by atoms with Crippen molar-refractivity contribution in [3.05, 3.63) is 27.6 Å². The summed E-state index contributed by atoms with van der Waals surface area (Å²) in [7, 11) is 1.99. The maximum Gasteiger partial charge on any atom is 0.209 e. The molecular formula is C9H10BrN3OS. The Bertz CT molecular complexity index is 454. The number of aryl methyl sites for hydroxylation is 1. The molecule has 0 fully saturated rings. The third-order valence-electron chi connectivity index (χ3n) is 2.09. The summed E-state index contributed by atoms with van der Waals surface area (Å²) in [6.45, 7) is 2.74. The molecule has 0 saturated carbocycles. The molecule has 80 valence electrons. The van der Waals surface area contributed by atoms with Gasteiger partial charge in [-0.3, -0.25) is 0 Å². The molecule has 0 spiro atoms. The largest absolute Gasteiger partial charge is 0.469 e. The summed E-state index contributed by atoms with van der Waals surface area (Å²) in [5.41, 5.74) is 1.17. The van der Waals surface area contributed by atoms with Crippen molar-refractivity contribution < 1.29 is 4.42 Å². The fourth-order valence-corrected chi connectivity index (χ4v) is 2.30. The van der Waals surface area contributed by atoms with E-state index < -0.39 is 0 Å². The van der Waals surface area contributed by atoms with E-state index >= 15 is 0 Å². The lowest BCUT2D eigenvalue weighted by molar-refractivity contribution is 0.529. The van der Waals surface area contributed by atoms with Crippen LogP contribution in [-0.2, 0) is 6.54 Å². The Labute approximate surface area is 100 Å². The van der Waals surface area contributed by atoms with Crippen LogP contribution in [-0.4, -0.2) is 17.2 Å². The number of aromatic nitrogens is 2. The number of halogens is 1. The number of hydrogen-bond acceptors (Lipinski definition) is 5. The fraction of sp³-hybridized carbons (Fsp3) is 0.333. The van der Waals surface area contributed by atoms with Gasteiger partial charge in [-0.1, -0.05) is 11.3 Å². The Kier molecular flexibility index (Phi) is 3.06. The molecule has 2 rings (SSSR count). The molecule has 0 atom stereocenters. The number of anilines is 1. The molecule has 0 saturated heterocycles. The van der Waals surface area contributed by atoms with Crippen LogP contribution in [0.25, 0.3) is 0 Å². The minimum atomic E-state index is 0.782. The van der Waals surface area contributed by atoms with Crippen molar-refractivity contribution in [1.29, 1.82) is 0 Å². The van der Waals surface area contributed by atoms with Crippen LogP contribution in [0.5, 0.6) is 0 Å². The normalized spacial score (nSPS) is 10.6. The first kappa shape index (κ1) is 10.6. The zero-order valence-corrected chi connectivity index (χ0v) is 10.8. The molecule has 4 nitrogen and oxygen atoms in total. The lowest BCUT2D eigenvalue weighted by Gasteiger charge is -2.13. The van der Waals surface area contributed by atoms with Gasteiger partial charge in [-0.25, -0.2) is 0 Å². The van der Waals surface area contributed by atoms with Gasteiger partial charge in [0.1, 0.15) is 5.76 Å². The van der Waals surface area contributed by atoms with E-state index in [0.29, 0.717) is 0 Å². The Morgan fingerprint density at radius 1 is 1.53 bits per heavy atom. The van der Waals surface area contributed by atoms with Crippen LogP contribution >= 0.6 is 27.3 Å². The van der Waals surface area contributed by atoms with Gasteiger partial charge >= 0.3 is 0 Å². The van der Waals surface area contributed by atoms with Gasteiger partial charge in [0, 0.05) is 19.2 Å². The molecular weight excluding hydrogens is 278 g/mol. The number of furan rings is 1. The van der Waals surface area contributed by atoms with Crippen LogP contribution in [0.3, 0.4) is 0 Å². The van der Waals surface area contributed by atoms with Crippen LogP contribution in [0.1, 0.15) is 11.3 Å². The highest BCUT2D eigenvalue weighted by Crippen LogP contribution is 2.24. The lowest BCUT2D eigenvalue weighted by Crippen LogP contribution is -2.16. The van der Waals surface area contributed by atoms with E-state index in [4.69, 9.17) is 4.42 Å². The molecule has 0 aliphatic rings. The third-order valence-corrected chi connectivity index (χ3v) is 3.56. The average Bonchev–Trinajstić information content (AvgIpc) is 2.77. The van der Waals surface area contributed by atoms with E-state index in [0.717, 1.165) is 21.4 Å². The van der Waals surface area contributed by atoms with Gasteiger partial charge < -0.3 is 9.32 Å². The summed E-state index contributed by atoms with van der Waals surface area (Å²) in [5.74, 6) is 0.949. The number of nitrogens with zero attached hydrogens (tertiary/aromatic N) is 3. The second-order valence-corrected chi connectivity index (χ2v) is 5.43. The summed E-state index contributed by atoms with van der Waals surface area (Å²) in [5, 5.41) is 8.84. The molecule has 2 aromatic heterocycles. The molecule has 0 bridgehead atoms. The van der Waals surface area contributed by atoms with E-state index in [1.54, 1.807) is 6.26 Å². The molecule has 0 aromatic carbocycles. The Morgan fingerprint density at radius 3 is 2.87 bits per heavy atom. The second kappa shape index (κ2) is 4.32. The molecule has 2 aromatic rings. The van der Waals surface area contributed by atoms with Crippen molar-refractivity contribution in [2.45, 2.75) is 13.5 Å². The summed E-state index contributed by atoms with van der Waals surface area (Å²) < 4.78 is 6.04. The number of rotatable bonds is 3. The molecule has 0 unspecified atom stereocenters. The van der Waals surface area contributed by atoms with Crippen molar-refractivity contribution in [2.24, 2.45) is 0 Å². The van der Waals surface area contributed by atoms with E-state index in [2.05, 4.69) is 26.1 Å². The van der Waals surface area contributed by atoms with Crippen molar-refractivity contribution >= 4 is 32.4 Å². The SMILES string of the molecule is Cc1occc1CN(C)c1nnc(Br)s1. The Balaban J connectivity index is 2.10. The summed E-state index contributed by atoms with van der Waals surface area (Å²) >= 11 is 4.81. The zero-order valence-electron chi connectivity index (χ0n) is 8.40. The minimum absolute atomic E-state index is 0.782. The fourth-order valence-electron chi connectivity index (χ4n) is 1.25. The van der Waals surface area contributed by atoms with Gasteiger partial charge in [0.15, 0.2) is 3.92 Å². The topological polar surface area (TPSA) is 42.2 Å². The summed E-state index contributed by atoms with van der Waals surface area (Å²) in [6.07, 6.45) is 1.70. The summed E-state index contributed by atoms with van der Waals surface area (Å²) in [6, 6.07) is 1.97. The summed E-state index contributed by atoms with van der Waals surface area (Å²) in [4.78, 5) is 2.04. The first-order valence-corrected chi connectivity index (χ1v) is 6.01. The minimum Gasteiger partial charge on any atom is -0.469 e. The molecule has 0 radical (unpaired) electrons. The van der Waals surface area contributed by atoms with E-state index in [1.807, 2.05) is 24.9 Å². The monoisotopic (exact) mass is 287 g/mol. The standard InChI is InChI=1S/C9H10BrN3OS/c1-6-7(3-4-14-6)5-13(2)9-12-11-8(10)15-9/h3-4H,5H2,1-2H3. The van der Waals surface area contributed by atoms with Crippen LogP contribution in [0.2, 0.25) is 0 Å². The molecule has 0 amide bonds. The van der Waals surface area contributed by atoms with E-state index in [9.17, 15) is 0 Å². The van der Waals surface area contributed by atoms with Crippen molar-refractivity contribution in [3.63, 3.8) is 0 Å². The van der Waals surface area contributed by atoms with E-state index in [1.165, 1.54) is 16.9 Å². The van der Waals surface area contributed by atoms with Gasteiger partial charge in [0.05, 0.1) is 6.26 Å². The smallest absolute Gasteiger partial charge is 0.209 e. The van der Waals surface area contributed by atoms with Gasteiger partial charge in [-0.15, -0.1) is 10.2 Å². The quantitative estimate of drug-likeness (QED) is 0.871. The second-order valence-electron chi connectivity index (χ2n) is 3.20. The van der Waals surface area contributed by atoms with E-state index in [-0.39, 0.29) is 0 Å². The van der Waals surface area contributed by atoms with Crippen molar-refractivity contribution in [1.82, 2.24) is 10.2 Å². The van der Waals surface area contributed by atoms with Gasteiger partial charge in [0.2, 0.25) is 5.13 Å². The number of hydrogen-bond donors (Lipinski definition) is 0. The highest BCUT2D eigenvalue weighted by molar-refractivity contribution is 9.11. The first-order chi connectivity index (χ1) is 7.16. The maximum absolute atomic E-state index is 5.24. The molecule has 2 heterocycles. The lowest BCUT2D eigenvalue weighted by atomic mass is 10.2. The Hall–Kier alpha value is -0.880. The van der Waals surface area contributed by atoms with Crippen LogP contribution < -0.4 is 4.90 Å². The Morgan fingerprint density at radius 2 is 2.33 bits per heavy atom. The van der Waals surface area contributed by atoms with Crippen molar-refractivity contribution in [3.8, 4) is 0 Å². The molecule has 0 N–H and O–H groups in total. The van der Waals surface area contributed by atoms with Crippen LogP contribution in [0.4, 0.5) is 5.13 Å². The third kappa shape index (κ3) is 2.38. The molecule has 0 aliphatic heterocycles. The highest BCUT2D eigenvalue weighted by atomic mass is 79.9. The highest BCUT2D eigenvalue weighted by Gasteiger charge is 2.10. The maximum atomic E-state index is 5.24. The zero-order chi connectivity index (χ0) is 10.8. The molecule has 15 heavy (non-hydrogen) atoms. The predicted molar refractivity (Wildman–Crippen MR) is 63.2 cm³/mol. The van der Waals surface area contributed by atoms with Gasteiger partial charge in [-0.05, 0) is 28.9 Å². The molecule has 6 heteroatoms. The van der Waals surface area contributed by atoms with Crippen molar-refractivity contribution in [2.75, 3.05) is 11.9 Å². The van der Waals surface area contributed by atoms with Gasteiger partial charge in [0.25, 0.3) is 0 Å². The predicted octanol–water partition coefficient (Wildman–Crippen LogP) is 2.84. The van der Waals surface area contributed by atoms with Crippen LogP contribution in [0, 0.1) is 6.92 Å².